The highest BCUT2D eigenvalue weighted by atomic mass is 16.5. The first-order valence-corrected chi connectivity index (χ1v) is 6.06. The molecule has 0 N–H and O–H groups in total. The van der Waals surface area contributed by atoms with E-state index in [0.717, 1.165) is 0 Å². The zero-order valence-corrected chi connectivity index (χ0v) is 11.4. The average Bonchev–Trinajstić information content (AvgIpc) is 2.46. The Bertz CT molecular complexity index is 452. The van der Waals surface area contributed by atoms with Crippen LogP contribution in [0, 0.1) is 0 Å². The summed E-state index contributed by atoms with van der Waals surface area (Å²) in [5, 5.41) is 0. The van der Waals surface area contributed by atoms with E-state index in [-0.39, 0.29) is 5.97 Å². The van der Waals surface area contributed by atoms with E-state index in [1.165, 1.54) is 7.11 Å². The maximum atomic E-state index is 11.8. The number of rotatable bonds is 3. The molecule has 1 atom stereocenters. The van der Waals surface area contributed by atoms with Gasteiger partial charge in [-0.2, -0.15) is 4.98 Å². The summed E-state index contributed by atoms with van der Waals surface area (Å²) in [5.41, 5.74) is 0. The van der Waals surface area contributed by atoms with Crippen molar-refractivity contribution in [3.63, 3.8) is 0 Å². The van der Waals surface area contributed by atoms with Crippen LogP contribution < -0.4 is 9.80 Å². The second kappa shape index (κ2) is 5.83. The van der Waals surface area contributed by atoms with Crippen molar-refractivity contribution < 1.29 is 14.3 Å². The third-order valence-electron chi connectivity index (χ3n) is 2.92. The summed E-state index contributed by atoms with van der Waals surface area (Å²) >= 11 is 0. The Kier molecular flexibility index (Phi) is 4.16. The number of ether oxygens (including phenoxy) is 2. The molecular weight excluding hydrogens is 248 g/mol. The van der Waals surface area contributed by atoms with Gasteiger partial charge in [-0.05, 0) is 6.07 Å². The van der Waals surface area contributed by atoms with E-state index >= 15 is 0 Å². The molecule has 7 nitrogen and oxygen atoms in total. The highest BCUT2D eigenvalue weighted by Crippen LogP contribution is 2.19. The van der Waals surface area contributed by atoms with Crippen molar-refractivity contribution >= 4 is 17.7 Å². The maximum Gasteiger partial charge on any atom is 0.330 e. The van der Waals surface area contributed by atoms with Gasteiger partial charge in [-0.1, -0.05) is 0 Å². The van der Waals surface area contributed by atoms with Crippen LogP contribution in [0.25, 0.3) is 0 Å². The highest BCUT2D eigenvalue weighted by molar-refractivity contribution is 5.80. The minimum atomic E-state index is -0.455. The van der Waals surface area contributed by atoms with Crippen LogP contribution in [-0.4, -0.2) is 62.9 Å². The van der Waals surface area contributed by atoms with Crippen LogP contribution in [0.2, 0.25) is 0 Å². The fourth-order valence-corrected chi connectivity index (χ4v) is 1.92. The smallest absolute Gasteiger partial charge is 0.330 e. The molecule has 1 aliphatic rings. The zero-order chi connectivity index (χ0) is 13.8. The summed E-state index contributed by atoms with van der Waals surface area (Å²) in [6, 6.07) is 1.33. The molecule has 0 bridgehead atoms. The molecule has 1 fully saturated rings. The molecule has 1 aromatic heterocycles. The van der Waals surface area contributed by atoms with E-state index in [2.05, 4.69) is 9.97 Å². The van der Waals surface area contributed by atoms with Gasteiger partial charge in [0, 0.05) is 26.8 Å². The van der Waals surface area contributed by atoms with Crippen LogP contribution in [0.3, 0.4) is 0 Å². The van der Waals surface area contributed by atoms with Crippen LogP contribution in [0.5, 0.6) is 0 Å². The molecule has 7 heteroatoms. The summed E-state index contributed by atoms with van der Waals surface area (Å²) in [6.07, 6.45) is 1.68. The molecule has 2 heterocycles. The number of nitrogens with zero attached hydrogens (tertiary/aromatic N) is 4. The van der Waals surface area contributed by atoms with E-state index in [0.29, 0.717) is 31.5 Å². The van der Waals surface area contributed by atoms with Gasteiger partial charge < -0.3 is 19.3 Å². The molecule has 1 unspecified atom stereocenters. The van der Waals surface area contributed by atoms with Crippen molar-refractivity contribution in [3.8, 4) is 0 Å². The molecule has 0 amide bonds. The van der Waals surface area contributed by atoms with Gasteiger partial charge in [0.15, 0.2) is 6.04 Å². The molecule has 0 saturated carbocycles. The number of anilines is 2. The topological polar surface area (TPSA) is 67.8 Å². The summed E-state index contributed by atoms with van der Waals surface area (Å²) in [5.74, 6) is 0.995. The Hall–Kier alpha value is -1.89. The zero-order valence-electron chi connectivity index (χ0n) is 11.4. The van der Waals surface area contributed by atoms with E-state index in [9.17, 15) is 4.79 Å². The van der Waals surface area contributed by atoms with Crippen molar-refractivity contribution in [1.29, 1.82) is 0 Å². The standard InChI is InChI=1S/C12H18N4O3/c1-15(2)12-13-5-4-10(14-12)16-6-7-19-8-9(16)11(17)18-3/h4-5,9H,6-8H2,1-3H3. The van der Waals surface area contributed by atoms with E-state index in [4.69, 9.17) is 9.47 Å². The number of carbonyl (C=O) groups excluding carboxylic acids is 1. The van der Waals surface area contributed by atoms with Crippen LogP contribution in [0.4, 0.5) is 11.8 Å². The molecule has 0 aromatic carbocycles. The first-order chi connectivity index (χ1) is 9.13. The minimum Gasteiger partial charge on any atom is -0.467 e. The minimum absolute atomic E-state index is 0.313. The Balaban J connectivity index is 2.26. The van der Waals surface area contributed by atoms with Crippen molar-refractivity contribution in [2.75, 3.05) is 50.8 Å². The lowest BCUT2D eigenvalue weighted by molar-refractivity contribution is -0.144. The Morgan fingerprint density at radius 1 is 1.58 bits per heavy atom. The highest BCUT2D eigenvalue weighted by Gasteiger charge is 2.31. The van der Waals surface area contributed by atoms with Gasteiger partial charge in [-0.25, -0.2) is 9.78 Å². The van der Waals surface area contributed by atoms with Crippen LogP contribution in [-0.2, 0) is 14.3 Å². The number of carbonyl (C=O) groups is 1. The molecule has 0 spiro atoms. The van der Waals surface area contributed by atoms with Crippen molar-refractivity contribution in [2.45, 2.75) is 6.04 Å². The Morgan fingerprint density at radius 2 is 2.37 bits per heavy atom. The van der Waals surface area contributed by atoms with E-state index in [1.54, 1.807) is 12.3 Å². The summed E-state index contributed by atoms with van der Waals surface area (Å²) in [6.45, 7) is 1.48. The van der Waals surface area contributed by atoms with Crippen LogP contribution >= 0.6 is 0 Å². The summed E-state index contributed by atoms with van der Waals surface area (Å²) < 4.78 is 10.1. The monoisotopic (exact) mass is 266 g/mol. The van der Waals surface area contributed by atoms with Crippen molar-refractivity contribution in [1.82, 2.24) is 9.97 Å². The van der Waals surface area contributed by atoms with Gasteiger partial charge in [0.05, 0.1) is 20.3 Å². The number of esters is 1. The number of hydrogen-bond donors (Lipinski definition) is 0. The van der Waals surface area contributed by atoms with Gasteiger partial charge in [0.1, 0.15) is 5.82 Å². The fraction of sp³-hybridized carbons (Fsp3) is 0.583. The van der Waals surface area contributed by atoms with Gasteiger partial charge in [0.2, 0.25) is 5.95 Å². The number of methoxy groups -OCH3 is 1. The van der Waals surface area contributed by atoms with Gasteiger partial charge >= 0.3 is 5.97 Å². The lowest BCUT2D eigenvalue weighted by atomic mass is 10.2. The largest absolute Gasteiger partial charge is 0.467 e. The molecular formula is C12H18N4O3. The third kappa shape index (κ3) is 2.93. The van der Waals surface area contributed by atoms with Gasteiger partial charge in [-0.15, -0.1) is 0 Å². The molecule has 1 aromatic rings. The molecule has 0 aliphatic carbocycles. The average molecular weight is 266 g/mol. The number of aromatic nitrogens is 2. The lowest BCUT2D eigenvalue weighted by Gasteiger charge is -2.34. The second-order valence-corrected chi connectivity index (χ2v) is 4.42. The predicted octanol–water partition coefficient (Wildman–Crippen LogP) is -0.0792. The third-order valence-corrected chi connectivity index (χ3v) is 2.92. The molecule has 2 rings (SSSR count). The van der Waals surface area contributed by atoms with Crippen molar-refractivity contribution in [2.24, 2.45) is 0 Å². The summed E-state index contributed by atoms with van der Waals surface area (Å²) in [7, 11) is 5.12. The normalized spacial score (nSPS) is 19.1. The van der Waals surface area contributed by atoms with E-state index < -0.39 is 6.04 Å². The predicted molar refractivity (Wildman–Crippen MR) is 70.3 cm³/mol. The molecule has 19 heavy (non-hydrogen) atoms. The molecule has 1 aliphatic heterocycles. The Labute approximate surface area is 112 Å². The number of morpholine rings is 1. The Morgan fingerprint density at radius 3 is 3.05 bits per heavy atom. The van der Waals surface area contributed by atoms with Gasteiger partial charge in [-0.3, -0.25) is 0 Å². The van der Waals surface area contributed by atoms with E-state index in [1.807, 2.05) is 23.9 Å². The quantitative estimate of drug-likeness (QED) is 0.709. The number of hydrogen-bond acceptors (Lipinski definition) is 7. The molecule has 0 radical (unpaired) electrons. The first-order valence-electron chi connectivity index (χ1n) is 6.06. The van der Waals surface area contributed by atoms with Gasteiger partial charge in [0.25, 0.3) is 0 Å². The second-order valence-electron chi connectivity index (χ2n) is 4.42. The maximum absolute atomic E-state index is 11.8. The lowest BCUT2D eigenvalue weighted by Crippen LogP contribution is -2.51. The van der Waals surface area contributed by atoms with Crippen LogP contribution in [0.15, 0.2) is 12.3 Å². The summed E-state index contributed by atoms with van der Waals surface area (Å²) in [4.78, 5) is 24.1. The SMILES string of the molecule is COC(=O)C1COCCN1c1ccnc(N(C)C)n1. The molecule has 104 valence electrons. The van der Waals surface area contributed by atoms with Crippen molar-refractivity contribution in [3.05, 3.63) is 12.3 Å². The first kappa shape index (κ1) is 13.5. The van der Waals surface area contributed by atoms with Crippen LogP contribution in [0.1, 0.15) is 0 Å². The fourth-order valence-electron chi connectivity index (χ4n) is 1.92. The molecule has 1 saturated heterocycles.